The third-order valence-electron chi connectivity index (χ3n) is 2.18. The van der Waals surface area contributed by atoms with Gasteiger partial charge in [-0.2, -0.15) is 4.39 Å². The molecule has 0 aliphatic carbocycles. The van der Waals surface area contributed by atoms with E-state index in [0.29, 0.717) is 12.1 Å². The summed E-state index contributed by atoms with van der Waals surface area (Å²) in [5.74, 6) is 2.39. The highest BCUT2D eigenvalue weighted by Crippen LogP contribution is 2.20. The van der Waals surface area contributed by atoms with Gasteiger partial charge < -0.3 is 10.1 Å². The molecule has 1 aromatic carbocycles. The Hall–Kier alpha value is -2.69. The number of nitrogens with zero attached hydrogens (tertiary/aromatic N) is 1. The third kappa shape index (κ3) is 5.36. The summed E-state index contributed by atoms with van der Waals surface area (Å²) in [5, 5.41) is 12.9. The molecular weight excluding hydrogens is 298 g/mol. The number of carbonyl (C=O) groups is 1. The van der Waals surface area contributed by atoms with E-state index in [1.165, 1.54) is 0 Å². The molecule has 0 atom stereocenters. The normalized spacial score (nSPS) is 10.4. The molecule has 1 N–H and O–H groups in total. The molecule has 0 heterocycles. The Morgan fingerprint density at radius 3 is 2.55 bits per heavy atom. The number of carbonyl (C=O) groups excluding carboxylic acids is 1. The first-order chi connectivity index (χ1) is 10.1. The van der Waals surface area contributed by atoms with Crippen LogP contribution in [0.25, 0.3) is 0 Å². The van der Waals surface area contributed by atoms with E-state index in [1.54, 1.807) is 20.8 Å². The van der Waals surface area contributed by atoms with Crippen molar-refractivity contribution in [2.45, 2.75) is 26.4 Å². The summed E-state index contributed by atoms with van der Waals surface area (Å²) in [6.45, 7) is 4.90. The van der Waals surface area contributed by atoms with E-state index in [-0.39, 0.29) is 12.1 Å². The number of nitro benzene ring substituents is 1. The van der Waals surface area contributed by atoms with E-state index in [4.69, 9.17) is 4.74 Å². The quantitative estimate of drug-likeness (QED) is 0.517. The monoisotopic (exact) mass is 312 g/mol. The summed E-state index contributed by atoms with van der Waals surface area (Å²) in [4.78, 5) is 20.9. The molecule has 0 aliphatic heterocycles. The van der Waals surface area contributed by atoms with Crippen LogP contribution in [0.5, 0.6) is 0 Å². The minimum absolute atomic E-state index is 0.153. The van der Waals surface area contributed by atoms with Crippen LogP contribution in [0.2, 0.25) is 0 Å². The number of nitrogens with one attached hydrogen (secondary N) is 1. The van der Waals surface area contributed by atoms with Gasteiger partial charge in [-0.15, -0.1) is 0 Å². The molecular formula is C14H14F2N2O4. The molecule has 0 aromatic heterocycles. The molecule has 1 amide bonds. The fraction of sp³-hybridized carbons (Fsp3) is 0.357. The first-order valence-corrected chi connectivity index (χ1v) is 6.19. The Morgan fingerprint density at radius 1 is 1.36 bits per heavy atom. The van der Waals surface area contributed by atoms with Gasteiger partial charge in [-0.3, -0.25) is 10.1 Å². The number of rotatable bonds is 2. The first-order valence-electron chi connectivity index (χ1n) is 6.19. The summed E-state index contributed by atoms with van der Waals surface area (Å²) in [5.41, 5.74) is -1.87. The van der Waals surface area contributed by atoms with Gasteiger partial charge >= 0.3 is 11.8 Å². The van der Waals surface area contributed by atoms with Crippen LogP contribution in [0.4, 0.5) is 19.3 Å². The minimum Gasteiger partial charge on any atom is -0.444 e. The molecule has 0 aliphatic rings. The van der Waals surface area contributed by atoms with Crippen molar-refractivity contribution in [2.24, 2.45) is 0 Å². The summed E-state index contributed by atoms with van der Waals surface area (Å²) in [6, 6.07) is 1.09. The second kappa shape index (κ2) is 6.85. The molecule has 118 valence electrons. The third-order valence-corrected chi connectivity index (χ3v) is 2.18. The Balaban J connectivity index is 2.75. The van der Waals surface area contributed by atoms with Crippen LogP contribution in [0.1, 0.15) is 26.3 Å². The summed E-state index contributed by atoms with van der Waals surface area (Å²) in [7, 11) is 0. The zero-order valence-electron chi connectivity index (χ0n) is 12.2. The van der Waals surface area contributed by atoms with Crippen LogP contribution in [0, 0.1) is 33.6 Å². The van der Waals surface area contributed by atoms with Gasteiger partial charge in [0.05, 0.1) is 17.0 Å². The molecule has 0 bridgehead atoms. The van der Waals surface area contributed by atoms with Crippen molar-refractivity contribution in [3.63, 3.8) is 0 Å². The van der Waals surface area contributed by atoms with Gasteiger partial charge in [0.2, 0.25) is 5.82 Å². The maximum Gasteiger partial charge on any atom is 0.408 e. The molecule has 0 unspecified atom stereocenters. The number of halogens is 2. The largest absolute Gasteiger partial charge is 0.444 e. The van der Waals surface area contributed by atoms with Gasteiger partial charge in [0, 0.05) is 12.1 Å². The topological polar surface area (TPSA) is 81.5 Å². The molecule has 6 nitrogen and oxygen atoms in total. The van der Waals surface area contributed by atoms with Gasteiger partial charge in [0.25, 0.3) is 0 Å². The Bertz CT molecular complexity index is 657. The van der Waals surface area contributed by atoms with Gasteiger partial charge in [-0.1, -0.05) is 11.8 Å². The predicted molar refractivity (Wildman–Crippen MR) is 74.1 cm³/mol. The summed E-state index contributed by atoms with van der Waals surface area (Å²) < 4.78 is 31.5. The van der Waals surface area contributed by atoms with Crippen molar-refractivity contribution < 1.29 is 23.2 Å². The van der Waals surface area contributed by atoms with Crippen LogP contribution in [-0.2, 0) is 4.74 Å². The van der Waals surface area contributed by atoms with Gasteiger partial charge in [-0.25, -0.2) is 9.18 Å². The molecule has 0 radical (unpaired) electrons. The fourth-order valence-electron chi connectivity index (χ4n) is 1.34. The van der Waals surface area contributed by atoms with Crippen LogP contribution >= 0.6 is 0 Å². The molecule has 1 aromatic rings. The van der Waals surface area contributed by atoms with E-state index in [2.05, 4.69) is 17.2 Å². The van der Waals surface area contributed by atoms with Crippen molar-refractivity contribution in [1.29, 1.82) is 0 Å². The van der Waals surface area contributed by atoms with Crippen LogP contribution in [0.3, 0.4) is 0 Å². The lowest BCUT2D eigenvalue weighted by Crippen LogP contribution is -2.32. The maximum absolute atomic E-state index is 13.4. The second-order valence-electron chi connectivity index (χ2n) is 5.20. The zero-order chi connectivity index (χ0) is 16.9. The van der Waals surface area contributed by atoms with E-state index < -0.39 is 33.9 Å². The fourth-order valence-corrected chi connectivity index (χ4v) is 1.34. The molecule has 0 fully saturated rings. The van der Waals surface area contributed by atoms with Gasteiger partial charge in [0.1, 0.15) is 11.4 Å². The van der Waals surface area contributed by atoms with Crippen LogP contribution in [0.15, 0.2) is 12.1 Å². The number of benzene rings is 1. The number of nitro groups is 1. The Labute approximate surface area is 125 Å². The van der Waals surface area contributed by atoms with Gasteiger partial charge in [-0.05, 0) is 20.8 Å². The molecule has 0 spiro atoms. The second-order valence-corrected chi connectivity index (χ2v) is 5.20. The average molecular weight is 312 g/mol. The number of ether oxygens (including phenoxy) is 1. The molecule has 0 saturated carbocycles. The lowest BCUT2D eigenvalue weighted by atomic mass is 10.2. The number of hydrogen-bond donors (Lipinski definition) is 1. The van der Waals surface area contributed by atoms with Crippen molar-refractivity contribution in [2.75, 3.05) is 6.54 Å². The molecule has 1 rings (SSSR count). The van der Waals surface area contributed by atoms with Crippen molar-refractivity contribution in [3.8, 4) is 11.8 Å². The van der Waals surface area contributed by atoms with Crippen LogP contribution in [-0.4, -0.2) is 23.2 Å². The Morgan fingerprint density at radius 2 is 2.00 bits per heavy atom. The highest BCUT2D eigenvalue weighted by molar-refractivity contribution is 5.68. The maximum atomic E-state index is 13.4. The van der Waals surface area contributed by atoms with Crippen LogP contribution < -0.4 is 5.32 Å². The smallest absolute Gasteiger partial charge is 0.408 e. The SMILES string of the molecule is CC(C)(C)OC(=O)NCC#Cc1cc([N+](=O)[O-])c(F)cc1F. The molecule has 22 heavy (non-hydrogen) atoms. The first kappa shape index (κ1) is 17.4. The molecule has 8 heteroatoms. The standard InChI is InChI=1S/C14H14F2N2O4/c1-14(2,3)22-13(19)17-6-4-5-9-7-12(18(20)21)11(16)8-10(9)15/h7-8H,6H2,1-3H3,(H,17,19). The van der Waals surface area contributed by atoms with E-state index >= 15 is 0 Å². The van der Waals surface area contributed by atoms with Crippen molar-refractivity contribution in [3.05, 3.63) is 39.4 Å². The summed E-state index contributed by atoms with van der Waals surface area (Å²) in [6.07, 6.45) is -0.702. The molecule has 0 saturated heterocycles. The van der Waals surface area contributed by atoms with Gasteiger partial charge in [0.15, 0.2) is 0 Å². The lowest BCUT2D eigenvalue weighted by molar-refractivity contribution is -0.387. The highest BCUT2D eigenvalue weighted by Gasteiger charge is 2.17. The summed E-state index contributed by atoms with van der Waals surface area (Å²) >= 11 is 0. The van der Waals surface area contributed by atoms with Crippen molar-refractivity contribution >= 4 is 11.8 Å². The minimum atomic E-state index is -1.28. The lowest BCUT2D eigenvalue weighted by Gasteiger charge is -2.18. The zero-order valence-corrected chi connectivity index (χ0v) is 12.2. The number of hydrogen-bond acceptors (Lipinski definition) is 4. The highest BCUT2D eigenvalue weighted by atomic mass is 19.1. The van der Waals surface area contributed by atoms with E-state index in [0.717, 1.165) is 0 Å². The Kier molecular flexibility index (Phi) is 5.40. The average Bonchev–Trinajstić information content (AvgIpc) is 2.33. The van der Waals surface area contributed by atoms with E-state index in [1.807, 2.05) is 0 Å². The van der Waals surface area contributed by atoms with Crippen molar-refractivity contribution in [1.82, 2.24) is 5.32 Å². The number of amides is 1. The predicted octanol–water partition coefficient (Wildman–Crippen LogP) is 2.75. The van der Waals surface area contributed by atoms with E-state index in [9.17, 15) is 23.7 Å². The number of alkyl carbamates (subject to hydrolysis) is 1.